The molecule has 2 aliphatic rings. The molecule has 1 aromatic carbocycles. The molecule has 0 spiro atoms. The van der Waals surface area contributed by atoms with Gasteiger partial charge in [0.15, 0.2) is 0 Å². The van der Waals surface area contributed by atoms with Crippen molar-refractivity contribution in [2.24, 2.45) is 0 Å². The van der Waals surface area contributed by atoms with E-state index in [1.807, 2.05) is 41.8 Å². The van der Waals surface area contributed by atoms with Crippen LogP contribution < -0.4 is 4.90 Å². The van der Waals surface area contributed by atoms with E-state index in [9.17, 15) is 9.90 Å². The monoisotopic (exact) mass is 320 g/mol. The van der Waals surface area contributed by atoms with Crippen molar-refractivity contribution in [1.29, 1.82) is 0 Å². The van der Waals surface area contributed by atoms with Crippen molar-refractivity contribution in [3.05, 3.63) is 24.3 Å². The van der Waals surface area contributed by atoms with Crippen LogP contribution in [-0.2, 0) is 4.79 Å². The molecule has 1 N–H and O–H groups in total. The maximum atomic E-state index is 12.8. The second-order valence-corrected chi connectivity index (χ2v) is 7.35. The van der Waals surface area contributed by atoms with Crippen molar-refractivity contribution < 1.29 is 9.90 Å². The van der Waals surface area contributed by atoms with Gasteiger partial charge in [0.05, 0.1) is 18.3 Å². The molecular formula is C17H24N2O2S. The fourth-order valence-corrected chi connectivity index (χ4v) is 4.45. The zero-order chi connectivity index (χ0) is 15.5. The van der Waals surface area contributed by atoms with E-state index in [1.165, 1.54) is 4.90 Å². The average Bonchev–Trinajstić information content (AvgIpc) is 2.93. The van der Waals surface area contributed by atoms with Gasteiger partial charge in [0.25, 0.3) is 0 Å². The van der Waals surface area contributed by atoms with E-state index in [1.54, 1.807) is 0 Å². The van der Waals surface area contributed by atoms with Gasteiger partial charge in [0.1, 0.15) is 0 Å². The van der Waals surface area contributed by atoms with Crippen LogP contribution in [-0.4, -0.2) is 53.4 Å². The summed E-state index contributed by atoms with van der Waals surface area (Å²) in [5, 5.41) is 9.62. The van der Waals surface area contributed by atoms with E-state index in [-0.39, 0.29) is 12.0 Å². The fraction of sp³-hybridized carbons (Fsp3) is 0.588. The number of aliphatic hydroxyl groups is 1. The van der Waals surface area contributed by atoms with E-state index < -0.39 is 0 Å². The van der Waals surface area contributed by atoms with Gasteiger partial charge in [0.2, 0.25) is 5.91 Å². The van der Waals surface area contributed by atoms with E-state index in [4.69, 9.17) is 0 Å². The third-order valence-corrected chi connectivity index (χ3v) is 5.52. The van der Waals surface area contributed by atoms with E-state index in [0.717, 1.165) is 43.8 Å². The summed E-state index contributed by atoms with van der Waals surface area (Å²) in [6.45, 7) is 4.05. The minimum Gasteiger partial charge on any atom is -0.393 e. The third kappa shape index (κ3) is 3.47. The number of benzene rings is 1. The fourth-order valence-electron chi connectivity index (χ4n) is 3.45. The second kappa shape index (κ2) is 7.02. The van der Waals surface area contributed by atoms with Gasteiger partial charge in [-0.25, -0.2) is 0 Å². The molecule has 1 saturated heterocycles. The van der Waals surface area contributed by atoms with Crippen molar-refractivity contribution in [3.63, 3.8) is 0 Å². The number of amides is 1. The van der Waals surface area contributed by atoms with Gasteiger partial charge in [-0.15, -0.1) is 11.8 Å². The highest BCUT2D eigenvalue weighted by atomic mass is 32.2. The molecule has 3 rings (SSSR count). The number of carbonyl (C=O) groups excluding carboxylic acids is 1. The highest BCUT2D eigenvalue weighted by Gasteiger charge is 2.30. The van der Waals surface area contributed by atoms with Crippen LogP contribution in [0.15, 0.2) is 29.2 Å². The standard InChI is InChI=1S/C17H24N2O2S/c1-13(20)11-14-5-4-8-18(14)12-17(21)19-9-10-22-16-7-3-2-6-15(16)19/h2-3,6-7,13-14,20H,4-5,8-12H2,1H3. The number of fused-ring (bicyclic) bond motifs is 1. The molecule has 120 valence electrons. The molecule has 0 saturated carbocycles. The molecule has 2 atom stereocenters. The van der Waals surface area contributed by atoms with Crippen LogP contribution in [0.2, 0.25) is 0 Å². The number of thioether (sulfide) groups is 1. The summed E-state index contributed by atoms with van der Waals surface area (Å²) in [5.41, 5.74) is 1.05. The molecule has 0 radical (unpaired) electrons. The Morgan fingerprint density at radius 2 is 2.23 bits per heavy atom. The van der Waals surface area contributed by atoms with Crippen LogP contribution in [0, 0.1) is 0 Å². The molecular weight excluding hydrogens is 296 g/mol. The predicted molar refractivity (Wildman–Crippen MR) is 90.4 cm³/mol. The van der Waals surface area contributed by atoms with Crippen molar-refractivity contribution in [2.45, 2.75) is 43.2 Å². The van der Waals surface area contributed by atoms with Gasteiger partial charge in [-0.1, -0.05) is 12.1 Å². The first-order valence-corrected chi connectivity index (χ1v) is 9.08. The number of hydrogen-bond acceptors (Lipinski definition) is 4. The highest BCUT2D eigenvalue weighted by Crippen LogP contribution is 2.34. The van der Waals surface area contributed by atoms with Gasteiger partial charge in [-0.05, 0) is 44.9 Å². The van der Waals surface area contributed by atoms with Crippen LogP contribution in [0.5, 0.6) is 0 Å². The number of nitrogens with zero attached hydrogens (tertiary/aromatic N) is 2. The topological polar surface area (TPSA) is 43.8 Å². The number of rotatable bonds is 4. The Morgan fingerprint density at radius 1 is 1.41 bits per heavy atom. The first-order valence-electron chi connectivity index (χ1n) is 8.09. The second-order valence-electron chi connectivity index (χ2n) is 6.21. The first kappa shape index (κ1) is 15.8. The third-order valence-electron chi connectivity index (χ3n) is 4.48. The Morgan fingerprint density at radius 3 is 3.05 bits per heavy atom. The minimum absolute atomic E-state index is 0.185. The van der Waals surface area contributed by atoms with E-state index in [0.29, 0.717) is 12.6 Å². The van der Waals surface area contributed by atoms with Crippen LogP contribution in [0.25, 0.3) is 0 Å². The Bertz CT molecular complexity index is 535. The van der Waals surface area contributed by atoms with Gasteiger partial charge >= 0.3 is 0 Å². The molecule has 1 aromatic rings. The lowest BCUT2D eigenvalue weighted by Gasteiger charge is -2.32. The average molecular weight is 320 g/mol. The highest BCUT2D eigenvalue weighted by molar-refractivity contribution is 7.99. The molecule has 0 aromatic heterocycles. The number of hydrogen-bond donors (Lipinski definition) is 1. The van der Waals surface area contributed by atoms with Crippen molar-refractivity contribution >= 4 is 23.4 Å². The molecule has 22 heavy (non-hydrogen) atoms. The minimum atomic E-state index is -0.298. The summed E-state index contributed by atoms with van der Waals surface area (Å²) < 4.78 is 0. The zero-order valence-corrected chi connectivity index (χ0v) is 13.9. The maximum absolute atomic E-state index is 12.8. The number of carbonyl (C=O) groups is 1. The van der Waals surface area contributed by atoms with Gasteiger partial charge in [0, 0.05) is 23.2 Å². The Labute approximate surface area is 136 Å². The predicted octanol–water partition coefficient (Wildman–Crippen LogP) is 2.36. The van der Waals surface area contributed by atoms with Crippen molar-refractivity contribution in [2.75, 3.05) is 30.3 Å². The Balaban J connectivity index is 1.68. The van der Waals surface area contributed by atoms with Gasteiger partial charge < -0.3 is 10.0 Å². The summed E-state index contributed by atoms with van der Waals surface area (Å²) in [6, 6.07) is 8.50. The van der Waals surface area contributed by atoms with Gasteiger partial charge in [-0.3, -0.25) is 9.69 Å². The Hall–Kier alpha value is -1.04. The number of anilines is 1. The molecule has 4 nitrogen and oxygen atoms in total. The molecule has 2 aliphatic heterocycles. The van der Waals surface area contributed by atoms with Gasteiger partial charge in [-0.2, -0.15) is 0 Å². The number of likely N-dealkylation sites (tertiary alicyclic amines) is 1. The lowest BCUT2D eigenvalue weighted by atomic mass is 10.1. The molecule has 1 fully saturated rings. The SMILES string of the molecule is CC(O)CC1CCCN1CC(=O)N1CCSc2ccccc21. The largest absolute Gasteiger partial charge is 0.393 e. The van der Waals surface area contributed by atoms with E-state index in [2.05, 4.69) is 11.0 Å². The summed E-state index contributed by atoms with van der Waals surface area (Å²) in [7, 11) is 0. The van der Waals surface area contributed by atoms with Crippen LogP contribution >= 0.6 is 11.8 Å². The summed E-state index contributed by atoms with van der Waals surface area (Å²) in [4.78, 5) is 18.1. The molecule has 5 heteroatoms. The molecule has 1 amide bonds. The lowest BCUT2D eigenvalue weighted by molar-refractivity contribution is -0.120. The smallest absolute Gasteiger partial charge is 0.241 e. The quantitative estimate of drug-likeness (QED) is 0.925. The number of para-hydroxylation sites is 1. The molecule has 2 heterocycles. The van der Waals surface area contributed by atoms with E-state index >= 15 is 0 Å². The Kier molecular flexibility index (Phi) is 5.06. The number of aliphatic hydroxyl groups excluding tert-OH is 1. The molecule has 0 bridgehead atoms. The molecule has 2 unspecified atom stereocenters. The summed E-state index contributed by atoms with van der Waals surface area (Å²) in [6.07, 6.45) is 2.68. The first-order chi connectivity index (χ1) is 10.6. The maximum Gasteiger partial charge on any atom is 0.241 e. The van der Waals surface area contributed by atoms with Crippen LogP contribution in [0.3, 0.4) is 0 Å². The summed E-state index contributed by atoms with van der Waals surface area (Å²) >= 11 is 1.82. The summed E-state index contributed by atoms with van der Waals surface area (Å²) in [5.74, 6) is 1.14. The van der Waals surface area contributed by atoms with Crippen molar-refractivity contribution in [1.82, 2.24) is 4.90 Å². The van der Waals surface area contributed by atoms with Crippen LogP contribution in [0.4, 0.5) is 5.69 Å². The normalized spacial score (nSPS) is 23.4. The molecule has 0 aliphatic carbocycles. The zero-order valence-electron chi connectivity index (χ0n) is 13.1. The van der Waals surface area contributed by atoms with Crippen molar-refractivity contribution in [3.8, 4) is 0 Å². The van der Waals surface area contributed by atoms with Crippen LogP contribution in [0.1, 0.15) is 26.2 Å². The lowest BCUT2D eigenvalue weighted by Crippen LogP contribution is -2.44.